The minimum atomic E-state index is -1.29. The molecule has 0 saturated heterocycles. The molecule has 7 nitrogen and oxygen atoms in total. The van der Waals surface area contributed by atoms with Crippen LogP contribution < -0.4 is 10.0 Å². The molecule has 4 rings (SSSR count). The molecule has 2 N–H and O–H groups in total. The highest BCUT2D eigenvalue weighted by atomic mass is 32.2. The van der Waals surface area contributed by atoms with Crippen molar-refractivity contribution in [3.63, 3.8) is 0 Å². The molecule has 0 aliphatic heterocycles. The van der Waals surface area contributed by atoms with Gasteiger partial charge in [0.1, 0.15) is 16.3 Å². The second kappa shape index (κ2) is 11.2. The molecule has 2 atom stereocenters. The van der Waals surface area contributed by atoms with E-state index in [1.807, 2.05) is 81.4 Å². The molecule has 0 aliphatic rings. The van der Waals surface area contributed by atoms with Crippen LogP contribution in [0.25, 0.3) is 22.2 Å². The van der Waals surface area contributed by atoms with Crippen molar-refractivity contribution in [3.8, 4) is 11.3 Å². The first-order chi connectivity index (χ1) is 16.9. The molecule has 2 heterocycles. The molecule has 0 aliphatic carbocycles. The topological polar surface area (TPSA) is 95.3 Å². The van der Waals surface area contributed by atoms with Gasteiger partial charge < -0.3 is 19.1 Å². The summed E-state index contributed by atoms with van der Waals surface area (Å²) in [4.78, 5) is 4.78. The van der Waals surface area contributed by atoms with Gasteiger partial charge >= 0.3 is 0 Å². The number of pyridine rings is 1. The molecular formula is C27H32N4O3S. The van der Waals surface area contributed by atoms with Gasteiger partial charge in [0.05, 0.1) is 12.6 Å². The number of fused-ring (bicyclic) bond motifs is 1. The van der Waals surface area contributed by atoms with Crippen molar-refractivity contribution in [2.75, 3.05) is 25.6 Å². The normalized spacial score (nSPS) is 13.6. The second-order valence-electron chi connectivity index (χ2n) is 9.30. The number of hydrogen-bond donors (Lipinski definition) is 2. The van der Waals surface area contributed by atoms with Gasteiger partial charge in [0.25, 0.3) is 0 Å². The molecule has 0 fully saturated rings. The first kappa shape index (κ1) is 25.2. The van der Waals surface area contributed by atoms with Crippen LogP contribution in [0.4, 0.5) is 5.82 Å². The Kier molecular flexibility index (Phi) is 8.07. The molecule has 4 aromatic rings. The molecule has 0 spiro atoms. The molecule has 2 aromatic carbocycles. The van der Waals surface area contributed by atoms with Gasteiger partial charge in [-0.25, -0.2) is 4.98 Å². The summed E-state index contributed by atoms with van der Waals surface area (Å²) in [5, 5.41) is 8.61. The quantitative estimate of drug-likeness (QED) is 0.230. The Hall–Kier alpha value is -2.91. The number of methoxy groups -OCH3 is 1. The predicted octanol–water partition coefficient (Wildman–Crippen LogP) is 5.28. The van der Waals surface area contributed by atoms with Crippen LogP contribution in [0.2, 0.25) is 0 Å². The van der Waals surface area contributed by atoms with Crippen molar-refractivity contribution in [3.05, 3.63) is 78.0 Å². The van der Waals surface area contributed by atoms with E-state index in [2.05, 4.69) is 21.3 Å². The lowest BCUT2D eigenvalue weighted by Crippen LogP contribution is -2.42. The molecule has 35 heavy (non-hydrogen) atoms. The highest BCUT2D eigenvalue weighted by Crippen LogP contribution is 2.35. The lowest BCUT2D eigenvalue weighted by Gasteiger charge is -2.29. The van der Waals surface area contributed by atoms with Gasteiger partial charge in [0.15, 0.2) is 5.58 Å². The van der Waals surface area contributed by atoms with Crippen molar-refractivity contribution in [1.82, 2.24) is 14.9 Å². The number of para-hydroxylation sites is 1. The van der Waals surface area contributed by atoms with Gasteiger partial charge in [-0.05, 0) is 50.6 Å². The summed E-state index contributed by atoms with van der Waals surface area (Å²) < 4.78 is 26.9. The van der Waals surface area contributed by atoms with E-state index in [1.54, 1.807) is 7.11 Å². The maximum Gasteiger partial charge on any atom is 0.167 e. The first-order valence-corrected chi connectivity index (χ1v) is 12.8. The van der Waals surface area contributed by atoms with E-state index in [0.717, 1.165) is 39.3 Å². The van der Waals surface area contributed by atoms with E-state index in [0.29, 0.717) is 19.6 Å². The van der Waals surface area contributed by atoms with Gasteiger partial charge in [-0.3, -0.25) is 0 Å². The van der Waals surface area contributed by atoms with E-state index < -0.39 is 16.1 Å². The number of anilines is 1. The average Bonchev–Trinajstić information content (AvgIpc) is 3.27. The zero-order valence-electron chi connectivity index (χ0n) is 20.6. The van der Waals surface area contributed by atoms with Crippen molar-refractivity contribution in [1.29, 1.82) is 0 Å². The Bertz CT molecular complexity index is 1250. The highest BCUT2D eigenvalue weighted by Gasteiger charge is 2.31. The fourth-order valence-corrected chi connectivity index (χ4v) is 4.62. The Balaban J connectivity index is 1.71. The van der Waals surface area contributed by atoms with E-state index in [1.165, 1.54) is 0 Å². The van der Waals surface area contributed by atoms with Crippen LogP contribution in [0, 0.1) is 0 Å². The first-order valence-electron chi connectivity index (χ1n) is 11.7. The summed E-state index contributed by atoms with van der Waals surface area (Å²) in [5.41, 5.74) is 4.32. The summed E-state index contributed by atoms with van der Waals surface area (Å²) in [6, 6.07) is 21.5. The maximum atomic E-state index is 13.2. The minimum absolute atomic E-state index is 0.261. The number of nitrogens with one attached hydrogen (secondary N) is 2. The fraction of sp³-hybridized carbons (Fsp3) is 0.333. The molecule has 0 radical (unpaired) electrons. The molecule has 8 heteroatoms. The highest BCUT2D eigenvalue weighted by molar-refractivity contribution is 7.90. The summed E-state index contributed by atoms with van der Waals surface area (Å²) >= 11 is -1.29. The lowest BCUT2D eigenvalue weighted by molar-refractivity contribution is 0.210. The summed E-state index contributed by atoms with van der Waals surface area (Å²) in [5.74, 6) is 0.783. The Morgan fingerprint density at radius 3 is 2.60 bits per heavy atom. The van der Waals surface area contributed by atoms with Gasteiger partial charge in [0.2, 0.25) is 0 Å². The third-order valence-corrected chi connectivity index (χ3v) is 7.22. The third kappa shape index (κ3) is 6.21. The van der Waals surface area contributed by atoms with Crippen LogP contribution in [-0.2, 0) is 22.5 Å². The van der Waals surface area contributed by atoms with Crippen LogP contribution in [-0.4, -0.2) is 39.7 Å². The smallest absolute Gasteiger partial charge is 0.167 e. The Morgan fingerprint density at radius 1 is 1.03 bits per heavy atom. The van der Waals surface area contributed by atoms with E-state index >= 15 is 0 Å². The van der Waals surface area contributed by atoms with Gasteiger partial charge in [-0.15, -0.1) is 4.72 Å². The third-order valence-electron chi connectivity index (χ3n) is 5.61. The molecule has 2 aromatic heterocycles. The summed E-state index contributed by atoms with van der Waals surface area (Å²) in [7, 11) is 1.67. The summed E-state index contributed by atoms with van der Waals surface area (Å²) in [6.07, 6.45) is 0.550. The van der Waals surface area contributed by atoms with Crippen LogP contribution in [0.3, 0.4) is 0 Å². The zero-order valence-corrected chi connectivity index (χ0v) is 21.4. The van der Waals surface area contributed by atoms with Crippen LogP contribution >= 0.6 is 0 Å². The van der Waals surface area contributed by atoms with Crippen molar-refractivity contribution in [2.24, 2.45) is 0 Å². The van der Waals surface area contributed by atoms with Crippen molar-refractivity contribution in [2.45, 2.75) is 38.0 Å². The van der Waals surface area contributed by atoms with Gasteiger partial charge in [0, 0.05) is 48.1 Å². The van der Waals surface area contributed by atoms with Gasteiger partial charge in [-0.2, -0.15) is 0 Å². The van der Waals surface area contributed by atoms with E-state index in [-0.39, 0.29) is 6.04 Å². The molecule has 184 valence electrons. The minimum Gasteiger partial charge on any atom is -0.598 e. The molecular weight excluding hydrogens is 460 g/mol. The van der Waals surface area contributed by atoms with Crippen molar-refractivity contribution < 1.29 is 13.8 Å². The Labute approximate surface area is 209 Å². The van der Waals surface area contributed by atoms with E-state index in [4.69, 9.17) is 14.2 Å². The standard InChI is InChI=1S/C27H32N4O3S/c1-27(2,3)35(32)31-23(18-19-10-9-15-25(29-19)28-16-17-33-4)20-11-5-6-12-21(20)26-22-13-7-8-14-24(22)34-30-26/h5-15,23,31H,16-18H2,1-4H3,(H,28,29)/t23?,35-/m0/s1. The molecule has 0 saturated carbocycles. The van der Waals surface area contributed by atoms with Crippen molar-refractivity contribution >= 4 is 28.1 Å². The number of nitrogens with zero attached hydrogens (tertiary/aromatic N) is 2. The summed E-state index contributed by atoms with van der Waals surface area (Å²) in [6.45, 7) is 7.15. The van der Waals surface area contributed by atoms with Gasteiger partial charge in [-0.1, -0.05) is 47.6 Å². The SMILES string of the molecule is COCCNc1cccc(CC(N[S@@+]([O-])C(C)(C)C)c2ccccc2-c2noc3ccccc23)n1. The van der Waals surface area contributed by atoms with Crippen LogP contribution in [0.15, 0.2) is 71.3 Å². The predicted molar refractivity (Wildman–Crippen MR) is 142 cm³/mol. The molecule has 1 unspecified atom stereocenters. The van der Waals surface area contributed by atoms with Crippen LogP contribution in [0.1, 0.15) is 38.1 Å². The fourth-order valence-electron chi connectivity index (χ4n) is 3.80. The number of rotatable bonds is 10. The maximum absolute atomic E-state index is 13.2. The van der Waals surface area contributed by atoms with E-state index in [9.17, 15) is 4.55 Å². The number of ether oxygens (including phenoxy) is 1. The lowest BCUT2D eigenvalue weighted by atomic mass is 9.94. The number of benzene rings is 2. The number of aromatic nitrogens is 2. The Morgan fingerprint density at radius 2 is 1.80 bits per heavy atom. The largest absolute Gasteiger partial charge is 0.598 e. The average molecular weight is 493 g/mol. The number of hydrogen-bond acceptors (Lipinski definition) is 7. The zero-order chi connectivity index (χ0) is 24.8. The monoisotopic (exact) mass is 492 g/mol. The molecule has 0 bridgehead atoms. The molecule has 0 amide bonds. The second-order valence-corrected chi connectivity index (χ2v) is 11.3. The van der Waals surface area contributed by atoms with Crippen LogP contribution in [0.5, 0.6) is 0 Å².